The van der Waals surface area contributed by atoms with Crippen LogP contribution in [0, 0.1) is 11.8 Å². The summed E-state index contributed by atoms with van der Waals surface area (Å²) in [6, 6.07) is 13.7. The van der Waals surface area contributed by atoms with E-state index in [1.54, 1.807) is 38.5 Å². The molecule has 9 nitrogen and oxygen atoms in total. The lowest BCUT2D eigenvalue weighted by Gasteiger charge is -2.30. The second-order valence-corrected chi connectivity index (χ2v) is 9.32. The first-order valence-electron chi connectivity index (χ1n) is 12.5. The molecule has 0 aliphatic carbocycles. The van der Waals surface area contributed by atoms with Gasteiger partial charge >= 0.3 is 6.09 Å². The quantitative estimate of drug-likeness (QED) is 0.250. The Balaban J connectivity index is 2.09. The molecule has 0 saturated heterocycles. The summed E-state index contributed by atoms with van der Waals surface area (Å²) in [5.41, 5.74) is 1.49. The molecule has 4 N–H and O–H groups in total. The van der Waals surface area contributed by atoms with Gasteiger partial charge in [0.05, 0.1) is 25.9 Å². The summed E-state index contributed by atoms with van der Waals surface area (Å²) >= 11 is 0. The minimum atomic E-state index is -1.22. The maximum atomic E-state index is 12.4. The smallest absolute Gasteiger partial charge is 0.404 e. The lowest BCUT2D eigenvalue weighted by Crippen LogP contribution is -2.49. The Kier molecular flexibility index (Phi) is 12.7. The molecule has 9 heteroatoms. The van der Waals surface area contributed by atoms with Crippen LogP contribution in [0.25, 0.3) is 0 Å². The molecular formula is C28H40N2O7. The summed E-state index contributed by atoms with van der Waals surface area (Å²) in [5.74, 6) is 1.20. The van der Waals surface area contributed by atoms with Crippen molar-refractivity contribution in [1.29, 1.82) is 0 Å². The summed E-state index contributed by atoms with van der Waals surface area (Å²) in [6.07, 6.45) is -0.531. The Hall–Kier alpha value is -3.30. The normalized spacial score (nSPS) is 13.5. The van der Waals surface area contributed by atoms with Crippen molar-refractivity contribution in [2.45, 2.75) is 45.3 Å². The number of carbonyl (C=O) groups is 2. The van der Waals surface area contributed by atoms with Gasteiger partial charge in [0.2, 0.25) is 0 Å². The number of nitrogens with one attached hydrogen (secondary N) is 2. The van der Waals surface area contributed by atoms with Crippen LogP contribution in [0.3, 0.4) is 0 Å². The van der Waals surface area contributed by atoms with Crippen LogP contribution in [0.5, 0.6) is 11.5 Å². The molecule has 0 radical (unpaired) electrons. The van der Waals surface area contributed by atoms with Crippen molar-refractivity contribution in [3.8, 4) is 11.5 Å². The monoisotopic (exact) mass is 516 g/mol. The lowest BCUT2D eigenvalue weighted by molar-refractivity contribution is 0.0834. The van der Waals surface area contributed by atoms with Gasteiger partial charge in [0.25, 0.3) is 5.91 Å². The first-order valence-corrected chi connectivity index (χ1v) is 12.5. The van der Waals surface area contributed by atoms with Gasteiger partial charge in [-0.15, -0.1) is 0 Å². The van der Waals surface area contributed by atoms with Gasteiger partial charge in [-0.05, 0) is 54.5 Å². The van der Waals surface area contributed by atoms with Crippen LogP contribution in [-0.2, 0) is 11.2 Å². The molecule has 37 heavy (non-hydrogen) atoms. The first kappa shape index (κ1) is 29.9. The van der Waals surface area contributed by atoms with Crippen LogP contribution >= 0.6 is 0 Å². The van der Waals surface area contributed by atoms with Crippen molar-refractivity contribution in [3.05, 3.63) is 59.7 Å². The number of methoxy groups -OCH3 is 2. The molecule has 3 atom stereocenters. The summed E-state index contributed by atoms with van der Waals surface area (Å²) in [7, 11) is 3.24. The van der Waals surface area contributed by atoms with E-state index in [0.717, 1.165) is 12.0 Å². The number of carboxylic acid groups (broad SMARTS) is 1. The molecule has 0 aliphatic heterocycles. The first-order chi connectivity index (χ1) is 17.7. The van der Waals surface area contributed by atoms with Gasteiger partial charge in [0, 0.05) is 32.2 Å². The van der Waals surface area contributed by atoms with E-state index in [1.807, 2.05) is 24.3 Å². The van der Waals surface area contributed by atoms with Gasteiger partial charge in [-0.2, -0.15) is 0 Å². The molecule has 204 valence electrons. The molecule has 2 aromatic carbocycles. The summed E-state index contributed by atoms with van der Waals surface area (Å²) in [6.45, 7) is 5.15. The molecule has 2 unspecified atom stereocenters. The average molecular weight is 517 g/mol. The molecule has 0 bridgehead atoms. The predicted molar refractivity (Wildman–Crippen MR) is 141 cm³/mol. The highest BCUT2D eigenvalue weighted by atomic mass is 16.5. The Morgan fingerprint density at radius 2 is 1.73 bits per heavy atom. The van der Waals surface area contributed by atoms with E-state index < -0.39 is 18.2 Å². The second-order valence-electron chi connectivity index (χ2n) is 9.32. The van der Waals surface area contributed by atoms with Crippen molar-refractivity contribution in [3.63, 3.8) is 0 Å². The highest BCUT2D eigenvalue weighted by Gasteiger charge is 2.27. The number of aliphatic hydroxyl groups excluding tert-OH is 1. The number of rotatable bonds is 16. The van der Waals surface area contributed by atoms with Gasteiger partial charge < -0.3 is 35.1 Å². The van der Waals surface area contributed by atoms with Crippen molar-refractivity contribution in [2.75, 3.05) is 34.0 Å². The van der Waals surface area contributed by atoms with Gasteiger partial charge in [-0.1, -0.05) is 38.1 Å². The third kappa shape index (κ3) is 10.3. The zero-order valence-electron chi connectivity index (χ0n) is 22.1. The minimum Gasteiger partial charge on any atom is -0.493 e. The molecule has 2 amide bonds. The van der Waals surface area contributed by atoms with Crippen LogP contribution < -0.4 is 20.1 Å². The van der Waals surface area contributed by atoms with Gasteiger partial charge in [-0.3, -0.25) is 4.79 Å². The topological polar surface area (TPSA) is 126 Å². The van der Waals surface area contributed by atoms with E-state index in [2.05, 4.69) is 24.5 Å². The standard InChI is InChI=1S/C28H40N2O7/c1-19(2)22(15-20-11-12-25(36-4)26(16-20)37-14-8-13-35-3)17-23(30-28(33)34)24(31)18-29-27(32)21-9-6-5-7-10-21/h5-7,9-12,16,19,22-24,30-31H,8,13-15,17-18H2,1-4H3,(H,29,32)(H,33,34)/t22?,23?,24-/m0/s1. The van der Waals surface area contributed by atoms with Gasteiger partial charge in [-0.25, -0.2) is 4.79 Å². The van der Waals surface area contributed by atoms with Crippen molar-refractivity contribution >= 4 is 12.0 Å². The Labute approximate surface area is 219 Å². The highest BCUT2D eigenvalue weighted by Crippen LogP contribution is 2.31. The molecular weight excluding hydrogens is 476 g/mol. The molecule has 2 aromatic rings. The fourth-order valence-corrected chi connectivity index (χ4v) is 4.07. The number of ether oxygens (including phenoxy) is 3. The van der Waals surface area contributed by atoms with E-state index in [4.69, 9.17) is 14.2 Å². The molecule has 0 aliphatic rings. The van der Waals surface area contributed by atoms with Crippen LogP contribution in [0.4, 0.5) is 4.79 Å². The predicted octanol–water partition coefficient (Wildman–Crippen LogP) is 3.74. The van der Waals surface area contributed by atoms with E-state index in [0.29, 0.717) is 43.1 Å². The van der Waals surface area contributed by atoms with E-state index in [9.17, 15) is 19.8 Å². The molecule has 2 rings (SSSR count). The fraction of sp³-hybridized carbons (Fsp3) is 0.500. The van der Waals surface area contributed by atoms with E-state index in [-0.39, 0.29) is 24.3 Å². The number of hydrogen-bond acceptors (Lipinski definition) is 6. The molecule has 0 aromatic heterocycles. The number of benzene rings is 2. The SMILES string of the molecule is COCCCOc1cc(CC(CC(NC(=O)O)[C@@H](O)CNC(=O)c2ccccc2)C(C)C)ccc1OC. The summed E-state index contributed by atoms with van der Waals surface area (Å²) in [5, 5.41) is 25.3. The Morgan fingerprint density at radius 1 is 1.00 bits per heavy atom. The van der Waals surface area contributed by atoms with Crippen LogP contribution in [0.15, 0.2) is 48.5 Å². The fourth-order valence-electron chi connectivity index (χ4n) is 4.07. The maximum absolute atomic E-state index is 12.4. The van der Waals surface area contributed by atoms with Crippen LogP contribution in [-0.4, -0.2) is 68.3 Å². The largest absolute Gasteiger partial charge is 0.493 e. The highest BCUT2D eigenvalue weighted by molar-refractivity contribution is 5.94. The Bertz CT molecular complexity index is 968. The number of carbonyl (C=O) groups excluding carboxylic acids is 1. The molecule has 0 spiro atoms. The summed E-state index contributed by atoms with van der Waals surface area (Å²) < 4.78 is 16.4. The van der Waals surface area contributed by atoms with Gasteiger partial charge in [0.15, 0.2) is 11.5 Å². The second kappa shape index (κ2) is 15.7. The number of amides is 2. The van der Waals surface area contributed by atoms with Crippen molar-refractivity contribution in [2.24, 2.45) is 11.8 Å². The maximum Gasteiger partial charge on any atom is 0.404 e. The third-order valence-corrected chi connectivity index (χ3v) is 6.26. The van der Waals surface area contributed by atoms with Crippen LogP contribution in [0.2, 0.25) is 0 Å². The van der Waals surface area contributed by atoms with Gasteiger partial charge in [0.1, 0.15) is 0 Å². The van der Waals surface area contributed by atoms with Crippen molar-refractivity contribution < 1.29 is 34.0 Å². The third-order valence-electron chi connectivity index (χ3n) is 6.26. The molecule has 0 heterocycles. The van der Waals surface area contributed by atoms with E-state index in [1.165, 1.54) is 0 Å². The Morgan fingerprint density at radius 3 is 2.35 bits per heavy atom. The van der Waals surface area contributed by atoms with Crippen molar-refractivity contribution in [1.82, 2.24) is 10.6 Å². The minimum absolute atomic E-state index is 0.0473. The number of aliphatic hydroxyl groups is 1. The average Bonchev–Trinajstić information content (AvgIpc) is 2.89. The summed E-state index contributed by atoms with van der Waals surface area (Å²) in [4.78, 5) is 23.9. The number of hydrogen-bond donors (Lipinski definition) is 4. The zero-order valence-corrected chi connectivity index (χ0v) is 22.1. The zero-order chi connectivity index (χ0) is 27.2. The van der Waals surface area contributed by atoms with E-state index >= 15 is 0 Å². The van der Waals surface area contributed by atoms with Crippen LogP contribution in [0.1, 0.15) is 42.6 Å². The lowest BCUT2D eigenvalue weighted by atomic mass is 9.83. The molecule has 0 saturated carbocycles. The molecule has 0 fully saturated rings.